The van der Waals surface area contributed by atoms with E-state index < -0.39 is 21.9 Å². The van der Waals surface area contributed by atoms with Gasteiger partial charge < -0.3 is 10.1 Å². The molecule has 0 atom stereocenters. The standard InChI is InChI=1S/C24H23ClN2O5S/c1-16-6-4-5-7-18(16)15-27(33(3,30)31)20-11-8-17(9-12-20)23(28)26-19-10-13-22(25)21(14-19)24(29)32-2/h4-14H,15H2,1-3H3,(H,26,28). The number of carbonyl (C=O) groups excluding carboxylic acids is 2. The third-order valence-electron chi connectivity index (χ3n) is 5.02. The number of sulfonamides is 1. The number of ether oxygens (including phenoxy) is 1. The minimum Gasteiger partial charge on any atom is -0.465 e. The SMILES string of the molecule is COC(=O)c1cc(NC(=O)c2ccc(N(Cc3ccccc3C)S(C)(=O)=O)cc2)ccc1Cl. The average Bonchev–Trinajstić information content (AvgIpc) is 2.78. The monoisotopic (exact) mass is 486 g/mol. The zero-order valence-electron chi connectivity index (χ0n) is 18.3. The van der Waals surface area contributed by atoms with Gasteiger partial charge in [0.05, 0.1) is 36.2 Å². The van der Waals surface area contributed by atoms with Crippen LogP contribution < -0.4 is 9.62 Å². The highest BCUT2D eigenvalue weighted by Gasteiger charge is 2.19. The lowest BCUT2D eigenvalue weighted by Gasteiger charge is -2.23. The van der Waals surface area contributed by atoms with Crippen molar-refractivity contribution in [3.05, 3.63) is 94.0 Å². The number of nitrogens with zero attached hydrogens (tertiary/aromatic N) is 1. The van der Waals surface area contributed by atoms with Crippen LogP contribution in [0.5, 0.6) is 0 Å². The van der Waals surface area contributed by atoms with Gasteiger partial charge in [0, 0.05) is 11.3 Å². The lowest BCUT2D eigenvalue weighted by molar-refractivity contribution is 0.0600. The van der Waals surface area contributed by atoms with Gasteiger partial charge in [-0.05, 0) is 60.5 Å². The van der Waals surface area contributed by atoms with Crippen molar-refractivity contribution in [3.8, 4) is 0 Å². The second-order valence-electron chi connectivity index (χ2n) is 7.38. The summed E-state index contributed by atoms with van der Waals surface area (Å²) in [4.78, 5) is 24.5. The van der Waals surface area contributed by atoms with Crippen LogP contribution in [0.2, 0.25) is 5.02 Å². The number of nitrogens with one attached hydrogen (secondary N) is 1. The summed E-state index contributed by atoms with van der Waals surface area (Å²) in [5.41, 5.74) is 3.12. The van der Waals surface area contributed by atoms with Crippen LogP contribution in [0.3, 0.4) is 0 Å². The molecule has 9 heteroatoms. The molecule has 0 fully saturated rings. The zero-order chi connectivity index (χ0) is 24.2. The van der Waals surface area contributed by atoms with Gasteiger partial charge >= 0.3 is 5.97 Å². The summed E-state index contributed by atoms with van der Waals surface area (Å²) >= 11 is 6.01. The molecule has 1 amide bonds. The summed E-state index contributed by atoms with van der Waals surface area (Å²) in [5, 5.41) is 2.90. The summed E-state index contributed by atoms with van der Waals surface area (Å²) in [5.74, 6) is -1.04. The lowest BCUT2D eigenvalue weighted by Crippen LogP contribution is -2.29. The average molecular weight is 487 g/mol. The molecular weight excluding hydrogens is 464 g/mol. The molecule has 3 aromatic carbocycles. The highest BCUT2D eigenvalue weighted by Crippen LogP contribution is 2.24. The molecule has 0 aliphatic heterocycles. The number of methoxy groups -OCH3 is 1. The molecule has 7 nitrogen and oxygen atoms in total. The van der Waals surface area contributed by atoms with Gasteiger partial charge in [-0.25, -0.2) is 13.2 Å². The second kappa shape index (κ2) is 10.1. The molecule has 0 aliphatic carbocycles. The van der Waals surface area contributed by atoms with Gasteiger partial charge in [0.15, 0.2) is 0 Å². The molecule has 33 heavy (non-hydrogen) atoms. The molecule has 0 saturated carbocycles. The zero-order valence-corrected chi connectivity index (χ0v) is 19.9. The summed E-state index contributed by atoms with van der Waals surface area (Å²) in [6.45, 7) is 2.10. The van der Waals surface area contributed by atoms with Crippen LogP contribution in [0, 0.1) is 6.92 Å². The Balaban J connectivity index is 1.81. The Hall–Kier alpha value is -3.36. The number of rotatable bonds is 7. The molecule has 172 valence electrons. The van der Waals surface area contributed by atoms with Crippen molar-refractivity contribution in [1.82, 2.24) is 0 Å². The molecule has 1 N–H and O–H groups in total. The topological polar surface area (TPSA) is 92.8 Å². The fourth-order valence-electron chi connectivity index (χ4n) is 3.19. The summed E-state index contributed by atoms with van der Waals surface area (Å²) in [6, 6.07) is 18.3. The van der Waals surface area contributed by atoms with Crippen molar-refractivity contribution >= 4 is 44.9 Å². The van der Waals surface area contributed by atoms with Crippen LogP contribution in [0.15, 0.2) is 66.7 Å². The normalized spacial score (nSPS) is 11.0. The van der Waals surface area contributed by atoms with E-state index in [1.807, 2.05) is 31.2 Å². The molecule has 0 aliphatic rings. The van der Waals surface area contributed by atoms with E-state index in [0.29, 0.717) is 16.9 Å². The number of benzene rings is 3. The predicted molar refractivity (Wildman–Crippen MR) is 129 cm³/mol. The fourth-order valence-corrected chi connectivity index (χ4v) is 4.27. The molecule has 0 unspecified atom stereocenters. The smallest absolute Gasteiger partial charge is 0.339 e. The van der Waals surface area contributed by atoms with E-state index in [0.717, 1.165) is 17.4 Å². The number of hydrogen-bond acceptors (Lipinski definition) is 5. The van der Waals surface area contributed by atoms with Crippen LogP contribution in [0.25, 0.3) is 0 Å². The van der Waals surface area contributed by atoms with Crippen molar-refractivity contribution in [3.63, 3.8) is 0 Å². The number of esters is 1. The van der Waals surface area contributed by atoms with Crippen molar-refractivity contribution in [2.75, 3.05) is 23.0 Å². The Bertz CT molecular complexity index is 1290. The maximum Gasteiger partial charge on any atom is 0.339 e. The highest BCUT2D eigenvalue weighted by molar-refractivity contribution is 7.92. The first-order valence-corrected chi connectivity index (χ1v) is 12.1. The van der Waals surface area contributed by atoms with Gasteiger partial charge in [-0.2, -0.15) is 0 Å². The Morgan fingerprint density at radius 2 is 1.70 bits per heavy atom. The van der Waals surface area contributed by atoms with Crippen molar-refractivity contribution in [2.45, 2.75) is 13.5 Å². The number of halogens is 1. The fraction of sp³-hybridized carbons (Fsp3) is 0.167. The van der Waals surface area contributed by atoms with Crippen LogP contribution in [-0.2, 0) is 21.3 Å². The van der Waals surface area contributed by atoms with E-state index in [2.05, 4.69) is 10.1 Å². The summed E-state index contributed by atoms with van der Waals surface area (Å²) in [6.07, 6.45) is 1.14. The first-order valence-electron chi connectivity index (χ1n) is 9.91. The van der Waals surface area contributed by atoms with Crippen molar-refractivity contribution in [2.24, 2.45) is 0 Å². The third-order valence-corrected chi connectivity index (χ3v) is 6.49. The van der Waals surface area contributed by atoms with E-state index in [-0.39, 0.29) is 17.1 Å². The van der Waals surface area contributed by atoms with Gasteiger partial charge in [0.2, 0.25) is 10.0 Å². The Labute approximate surface area is 198 Å². The van der Waals surface area contributed by atoms with Crippen LogP contribution in [0.1, 0.15) is 31.8 Å². The molecule has 3 aromatic rings. The molecule has 0 spiro atoms. The molecule has 0 heterocycles. The molecule has 0 aromatic heterocycles. The first-order chi connectivity index (χ1) is 15.6. The Kier molecular flexibility index (Phi) is 7.40. The summed E-state index contributed by atoms with van der Waals surface area (Å²) in [7, 11) is -2.32. The van der Waals surface area contributed by atoms with Gasteiger partial charge in [-0.1, -0.05) is 35.9 Å². The Morgan fingerprint density at radius 1 is 1.03 bits per heavy atom. The van der Waals surface area contributed by atoms with Gasteiger partial charge in [-0.15, -0.1) is 0 Å². The van der Waals surface area contributed by atoms with Crippen molar-refractivity contribution in [1.29, 1.82) is 0 Å². The number of carbonyl (C=O) groups is 2. The van der Waals surface area contributed by atoms with E-state index in [9.17, 15) is 18.0 Å². The molecule has 0 radical (unpaired) electrons. The second-order valence-corrected chi connectivity index (χ2v) is 9.70. The maximum atomic E-state index is 12.7. The first kappa shape index (κ1) is 24.3. The molecular formula is C24H23ClN2O5S. The van der Waals surface area contributed by atoms with E-state index >= 15 is 0 Å². The minimum absolute atomic E-state index is 0.132. The molecule has 0 saturated heterocycles. The van der Waals surface area contributed by atoms with E-state index in [4.69, 9.17) is 11.6 Å². The highest BCUT2D eigenvalue weighted by atomic mass is 35.5. The van der Waals surface area contributed by atoms with Crippen LogP contribution in [0.4, 0.5) is 11.4 Å². The van der Waals surface area contributed by atoms with Crippen LogP contribution in [-0.4, -0.2) is 33.7 Å². The largest absolute Gasteiger partial charge is 0.465 e. The molecule has 0 bridgehead atoms. The maximum absolute atomic E-state index is 12.7. The van der Waals surface area contributed by atoms with Crippen LogP contribution >= 0.6 is 11.6 Å². The van der Waals surface area contributed by atoms with Gasteiger partial charge in [-0.3, -0.25) is 9.10 Å². The van der Waals surface area contributed by atoms with E-state index in [1.54, 1.807) is 18.2 Å². The number of hydrogen-bond donors (Lipinski definition) is 1. The quantitative estimate of drug-likeness (QED) is 0.490. The number of anilines is 2. The predicted octanol–water partition coefficient (Wildman–Crippen LogP) is 4.65. The van der Waals surface area contributed by atoms with Gasteiger partial charge in [0.25, 0.3) is 5.91 Å². The number of aryl methyl sites for hydroxylation is 1. The third kappa shape index (κ3) is 5.91. The minimum atomic E-state index is -3.56. The van der Waals surface area contributed by atoms with Crippen molar-refractivity contribution < 1.29 is 22.7 Å². The number of amides is 1. The van der Waals surface area contributed by atoms with Gasteiger partial charge in [0.1, 0.15) is 0 Å². The Morgan fingerprint density at radius 3 is 2.30 bits per heavy atom. The van der Waals surface area contributed by atoms with E-state index in [1.165, 1.54) is 35.7 Å². The summed E-state index contributed by atoms with van der Waals surface area (Å²) < 4.78 is 30.9. The lowest BCUT2D eigenvalue weighted by atomic mass is 10.1. The molecule has 3 rings (SSSR count).